The maximum Gasteiger partial charge on any atom is 0.251 e. The Hall–Kier alpha value is -2.68. The van der Waals surface area contributed by atoms with Crippen molar-refractivity contribution in [3.05, 3.63) is 53.1 Å². The highest BCUT2D eigenvalue weighted by atomic mass is 35.5. The summed E-state index contributed by atoms with van der Waals surface area (Å²) in [5.41, 5.74) is 2.13. The minimum absolute atomic E-state index is 0.163. The zero-order valence-corrected chi connectivity index (χ0v) is 17.8. The molecule has 1 aromatic heterocycles. The van der Waals surface area contributed by atoms with Crippen molar-refractivity contribution in [2.75, 3.05) is 43.1 Å². The molecule has 2 aromatic carbocycles. The third kappa shape index (κ3) is 5.08. The molecule has 1 saturated heterocycles. The van der Waals surface area contributed by atoms with Crippen LogP contribution in [0.25, 0.3) is 10.2 Å². The van der Waals surface area contributed by atoms with E-state index in [1.807, 2.05) is 18.2 Å². The third-order valence-electron chi connectivity index (χ3n) is 4.69. The molecule has 0 saturated carbocycles. The molecule has 30 heavy (non-hydrogen) atoms. The molecule has 2 heterocycles. The van der Waals surface area contributed by atoms with Gasteiger partial charge in [0.05, 0.1) is 23.4 Å². The van der Waals surface area contributed by atoms with E-state index in [-0.39, 0.29) is 24.8 Å². The van der Waals surface area contributed by atoms with Gasteiger partial charge in [-0.1, -0.05) is 22.9 Å². The van der Waals surface area contributed by atoms with Crippen molar-refractivity contribution in [3.63, 3.8) is 0 Å². The molecule has 1 fully saturated rings. The lowest BCUT2D eigenvalue weighted by Gasteiger charge is -2.25. The van der Waals surface area contributed by atoms with Gasteiger partial charge in [-0.3, -0.25) is 9.59 Å². The molecule has 9 heteroatoms. The summed E-state index contributed by atoms with van der Waals surface area (Å²) < 4.78 is 6.41. The van der Waals surface area contributed by atoms with Gasteiger partial charge in [0.15, 0.2) is 5.13 Å². The van der Waals surface area contributed by atoms with Crippen molar-refractivity contribution in [1.29, 1.82) is 0 Å². The Morgan fingerprint density at radius 1 is 1.13 bits per heavy atom. The van der Waals surface area contributed by atoms with Crippen LogP contribution >= 0.6 is 22.9 Å². The first kappa shape index (κ1) is 20.6. The van der Waals surface area contributed by atoms with E-state index in [2.05, 4.69) is 20.5 Å². The number of fused-ring (bicyclic) bond motifs is 1. The van der Waals surface area contributed by atoms with E-state index in [9.17, 15) is 9.59 Å². The second-order valence-electron chi connectivity index (χ2n) is 6.84. The largest absolute Gasteiger partial charge is 0.378 e. The van der Waals surface area contributed by atoms with Crippen LogP contribution in [0.5, 0.6) is 0 Å². The summed E-state index contributed by atoms with van der Waals surface area (Å²) in [6.07, 6.45) is 0.180. The fraction of sp³-hybridized carbons (Fsp3) is 0.286. The number of aromatic nitrogens is 1. The van der Waals surface area contributed by atoms with Gasteiger partial charge in [0.25, 0.3) is 5.91 Å². The van der Waals surface area contributed by atoms with Crippen LogP contribution in [0.3, 0.4) is 0 Å². The van der Waals surface area contributed by atoms with E-state index in [0.29, 0.717) is 29.5 Å². The lowest BCUT2D eigenvalue weighted by atomic mass is 10.2. The van der Waals surface area contributed by atoms with Crippen LogP contribution in [-0.4, -0.2) is 49.6 Å². The second-order valence-corrected chi connectivity index (χ2v) is 8.28. The Bertz CT molecular complexity index is 1050. The summed E-state index contributed by atoms with van der Waals surface area (Å²) in [6, 6.07) is 12.3. The molecule has 2 N–H and O–H groups in total. The van der Waals surface area contributed by atoms with Gasteiger partial charge in [0.1, 0.15) is 0 Å². The van der Waals surface area contributed by atoms with E-state index in [4.69, 9.17) is 16.3 Å². The number of thiazole rings is 1. The normalized spacial score (nSPS) is 14.0. The van der Waals surface area contributed by atoms with Crippen LogP contribution < -0.4 is 15.5 Å². The average molecular weight is 445 g/mol. The van der Waals surface area contributed by atoms with Gasteiger partial charge in [0.2, 0.25) is 5.91 Å². The van der Waals surface area contributed by atoms with E-state index < -0.39 is 0 Å². The number of hydrogen-bond donors (Lipinski definition) is 2. The van der Waals surface area contributed by atoms with Gasteiger partial charge in [-0.15, -0.1) is 0 Å². The van der Waals surface area contributed by atoms with Crippen LogP contribution in [-0.2, 0) is 9.53 Å². The molecular formula is C21H21ClN4O3S. The zero-order chi connectivity index (χ0) is 20.9. The number of carbonyl (C=O) groups is 2. The maximum atomic E-state index is 12.2. The molecule has 3 aromatic rings. The van der Waals surface area contributed by atoms with Crippen LogP contribution in [0.4, 0.5) is 10.8 Å². The first-order valence-corrected chi connectivity index (χ1v) is 10.8. The molecule has 0 aliphatic carbocycles. The molecule has 1 aliphatic rings. The number of nitrogens with one attached hydrogen (secondary N) is 2. The number of morpholine rings is 1. The van der Waals surface area contributed by atoms with Crippen LogP contribution in [0.15, 0.2) is 42.5 Å². The Balaban J connectivity index is 1.30. The monoisotopic (exact) mass is 444 g/mol. The van der Waals surface area contributed by atoms with Crippen molar-refractivity contribution in [2.24, 2.45) is 0 Å². The highest BCUT2D eigenvalue weighted by Gasteiger charge is 2.16. The molecular weight excluding hydrogens is 424 g/mol. The fourth-order valence-corrected chi connectivity index (χ4v) is 4.28. The van der Waals surface area contributed by atoms with Crippen LogP contribution in [0.1, 0.15) is 16.8 Å². The summed E-state index contributed by atoms with van der Waals surface area (Å²) in [6.45, 7) is 3.35. The molecule has 2 amide bonds. The van der Waals surface area contributed by atoms with E-state index >= 15 is 0 Å². The molecule has 0 atom stereocenters. The highest BCUT2D eigenvalue weighted by Crippen LogP contribution is 2.31. The molecule has 0 spiro atoms. The molecule has 0 radical (unpaired) electrons. The summed E-state index contributed by atoms with van der Waals surface area (Å²) in [7, 11) is 0. The number of ether oxygens (including phenoxy) is 1. The van der Waals surface area contributed by atoms with Crippen LogP contribution in [0.2, 0.25) is 5.02 Å². The van der Waals surface area contributed by atoms with Gasteiger partial charge >= 0.3 is 0 Å². The zero-order valence-electron chi connectivity index (χ0n) is 16.2. The minimum atomic E-state index is -0.235. The first-order chi connectivity index (χ1) is 14.6. The number of benzene rings is 2. The van der Waals surface area contributed by atoms with Crippen molar-refractivity contribution >= 4 is 55.8 Å². The topological polar surface area (TPSA) is 83.6 Å². The molecule has 156 valence electrons. The van der Waals surface area contributed by atoms with Gasteiger partial charge in [-0.2, -0.15) is 0 Å². The average Bonchev–Trinajstić information content (AvgIpc) is 3.18. The molecule has 4 rings (SSSR count). The highest BCUT2D eigenvalue weighted by molar-refractivity contribution is 7.22. The van der Waals surface area contributed by atoms with E-state index in [1.54, 1.807) is 35.6 Å². The molecule has 0 bridgehead atoms. The molecule has 7 nitrogen and oxygen atoms in total. The number of hydrogen-bond acceptors (Lipinski definition) is 6. The fourth-order valence-electron chi connectivity index (χ4n) is 3.10. The molecule has 0 unspecified atom stereocenters. The summed E-state index contributed by atoms with van der Waals surface area (Å²) in [5, 5.41) is 7.16. The summed E-state index contributed by atoms with van der Waals surface area (Å²) in [5.74, 6) is -0.398. The standard InChI is InChI=1S/C21H21ClN4O3S/c22-15-3-1-14(2-4-15)20(28)23-8-7-19(27)24-16-5-6-17-18(13-16)30-21(25-17)26-9-11-29-12-10-26/h1-6,13H,7-12H2,(H,23,28)(H,24,27). The number of rotatable bonds is 6. The summed E-state index contributed by atoms with van der Waals surface area (Å²) >= 11 is 7.43. The number of anilines is 2. The summed E-state index contributed by atoms with van der Waals surface area (Å²) in [4.78, 5) is 31.2. The van der Waals surface area contributed by atoms with Crippen molar-refractivity contribution in [1.82, 2.24) is 10.3 Å². The lowest BCUT2D eigenvalue weighted by Crippen LogP contribution is -2.36. The third-order valence-corrected chi connectivity index (χ3v) is 6.02. The number of halogens is 1. The Morgan fingerprint density at radius 2 is 1.90 bits per heavy atom. The second kappa shape index (κ2) is 9.42. The van der Waals surface area contributed by atoms with Gasteiger partial charge in [-0.05, 0) is 42.5 Å². The lowest BCUT2D eigenvalue weighted by molar-refractivity contribution is -0.116. The predicted molar refractivity (Wildman–Crippen MR) is 120 cm³/mol. The van der Waals surface area contributed by atoms with Gasteiger partial charge in [0, 0.05) is 42.3 Å². The smallest absolute Gasteiger partial charge is 0.251 e. The maximum absolute atomic E-state index is 12.2. The quantitative estimate of drug-likeness (QED) is 0.607. The Kier molecular flexibility index (Phi) is 6.47. The van der Waals surface area contributed by atoms with Gasteiger partial charge < -0.3 is 20.3 Å². The first-order valence-electron chi connectivity index (χ1n) is 9.65. The van der Waals surface area contributed by atoms with E-state index in [0.717, 1.165) is 28.4 Å². The number of amides is 2. The molecule has 1 aliphatic heterocycles. The van der Waals surface area contributed by atoms with Crippen molar-refractivity contribution in [2.45, 2.75) is 6.42 Å². The van der Waals surface area contributed by atoms with Crippen molar-refractivity contribution < 1.29 is 14.3 Å². The minimum Gasteiger partial charge on any atom is -0.378 e. The Morgan fingerprint density at radius 3 is 2.67 bits per heavy atom. The van der Waals surface area contributed by atoms with Gasteiger partial charge in [-0.25, -0.2) is 4.98 Å². The van der Waals surface area contributed by atoms with Crippen molar-refractivity contribution in [3.8, 4) is 0 Å². The van der Waals surface area contributed by atoms with E-state index in [1.165, 1.54) is 0 Å². The SMILES string of the molecule is O=C(CCNC(=O)c1ccc(Cl)cc1)Nc1ccc2nc(N3CCOCC3)sc2c1. The Labute approximate surface area is 183 Å². The number of nitrogens with zero attached hydrogens (tertiary/aromatic N) is 2. The predicted octanol–water partition coefficient (Wildman–Crippen LogP) is 3.54. The van der Waals surface area contributed by atoms with Crippen LogP contribution in [0, 0.1) is 0 Å². The number of carbonyl (C=O) groups excluding carboxylic acids is 2.